The number of pyridine rings is 1. The van der Waals surface area contributed by atoms with Gasteiger partial charge < -0.3 is 4.57 Å². The van der Waals surface area contributed by atoms with E-state index in [1.54, 1.807) is 0 Å². The van der Waals surface area contributed by atoms with Gasteiger partial charge in [-0.05, 0) is 102 Å². The van der Waals surface area contributed by atoms with Crippen molar-refractivity contribution < 1.29 is 4.57 Å². The normalized spacial score (nSPS) is 13.3. The van der Waals surface area contributed by atoms with Crippen LogP contribution >= 0.6 is 7.14 Å². The number of aromatic nitrogens is 2. The minimum absolute atomic E-state index is 0.611. The molecule has 3 nitrogen and oxygen atoms in total. The highest BCUT2D eigenvalue weighted by Gasteiger charge is 2.52. The van der Waals surface area contributed by atoms with Crippen LogP contribution in [-0.2, 0) is 9.98 Å². The van der Waals surface area contributed by atoms with Gasteiger partial charge in [-0.2, -0.15) is 0 Å². The van der Waals surface area contributed by atoms with Crippen molar-refractivity contribution in [2.45, 2.75) is 5.41 Å². The van der Waals surface area contributed by atoms with Crippen LogP contribution in [0.1, 0.15) is 22.3 Å². The lowest BCUT2D eigenvalue weighted by molar-refractivity contribution is 0.592. The second-order valence-corrected chi connectivity index (χ2v) is 20.5. The van der Waals surface area contributed by atoms with Gasteiger partial charge in [-0.25, -0.2) is 4.98 Å². The minimum atomic E-state index is -3.27. The number of fused-ring (bicyclic) bond motifs is 18. The molecule has 10 aromatic carbocycles. The van der Waals surface area contributed by atoms with E-state index in [-0.39, 0.29) is 0 Å². The van der Waals surface area contributed by atoms with Crippen LogP contribution in [0.4, 0.5) is 0 Å². The van der Waals surface area contributed by atoms with Gasteiger partial charge >= 0.3 is 0 Å². The van der Waals surface area contributed by atoms with Crippen LogP contribution in [0.5, 0.6) is 0 Å². The highest BCUT2D eigenvalue weighted by Crippen LogP contribution is 2.63. The molecule has 2 heterocycles. The monoisotopic (exact) mass is 858 g/mol. The third-order valence-electron chi connectivity index (χ3n) is 14.5. The fourth-order valence-corrected chi connectivity index (χ4v) is 14.2. The summed E-state index contributed by atoms with van der Waals surface area (Å²) in [7, 11) is -3.27. The van der Waals surface area contributed by atoms with E-state index < -0.39 is 12.6 Å². The smallest absolute Gasteiger partial charge is 0.171 e. The van der Waals surface area contributed by atoms with Gasteiger partial charge in [-0.15, -0.1) is 0 Å². The molecular weight excluding hydrogens is 820 g/mol. The summed E-state index contributed by atoms with van der Waals surface area (Å²) >= 11 is 0. The number of rotatable bonds is 5. The third kappa shape index (κ3) is 5.04. The first-order valence-corrected chi connectivity index (χ1v) is 24.3. The number of nitrogens with zero attached hydrogens (tertiary/aromatic N) is 2. The molecule has 308 valence electrons. The quantitative estimate of drug-likeness (QED) is 0.128. The zero-order chi connectivity index (χ0) is 43.6. The topological polar surface area (TPSA) is 34.4 Å². The standard InChI is InChI=1S/C62H39N2OP/c65-66(44-15-3-1-4-16-44,45-17-5-2-6-18-45)46-33-36-51-50-34-31-42(37-56(50)62(57(51)39-46)54-23-11-9-20-48(54)49-21-10-12-24-55(49)62)40-27-29-41(30-28-40)43-32-35-52-47-19-7-8-22-53(47)61-63-58-25-13-14-26-59(58)64(61)60(52)38-43/h1-39H. The van der Waals surface area contributed by atoms with Crippen molar-refractivity contribution in [3.05, 3.63) is 259 Å². The maximum Gasteiger partial charge on any atom is 0.171 e. The van der Waals surface area contributed by atoms with Gasteiger partial charge in [0.05, 0.1) is 22.0 Å². The number of benzene rings is 10. The molecule has 0 radical (unpaired) electrons. The van der Waals surface area contributed by atoms with Crippen LogP contribution in [0, 0.1) is 0 Å². The highest BCUT2D eigenvalue weighted by atomic mass is 31.2. The summed E-state index contributed by atoms with van der Waals surface area (Å²) in [5.74, 6) is 0. The minimum Gasteiger partial charge on any atom is -0.309 e. The van der Waals surface area contributed by atoms with Crippen molar-refractivity contribution in [2.75, 3.05) is 0 Å². The van der Waals surface area contributed by atoms with Crippen LogP contribution in [0.3, 0.4) is 0 Å². The van der Waals surface area contributed by atoms with Crippen molar-refractivity contribution in [2.24, 2.45) is 0 Å². The summed E-state index contributed by atoms with van der Waals surface area (Å²) < 4.78 is 18.3. The SMILES string of the molecule is O=P(c1ccccc1)(c1ccccc1)c1ccc2c(c1)C1(c3ccccc3-c3ccccc31)c1cc(-c3ccc(-c4ccc5c6ccccc6c6nc7ccccc7n6c5c4)cc3)ccc1-2. The summed E-state index contributed by atoms with van der Waals surface area (Å²) in [6.45, 7) is 0. The Balaban J connectivity index is 0.933. The molecule has 0 saturated heterocycles. The van der Waals surface area contributed by atoms with E-state index in [0.29, 0.717) is 0 Å². The van der Waals surface area contributed by atoms with Gasteiger partial charge in [0.25, 0.3) is 0 Å². The Morgan fingerprint density at radius 2 is 0.848 bits per heavy atom. The van der Waals surface area contributed by atoms with Crippen molar-refractivity contribution in [1.29, 1.82) is 0 Å². The first-order chi connectivity index (χ1) is 32.6. The van der Waals surface area contributed by atoms with Gasteiger partial charge in [0.2, 0.25) is 0 Å². The second kappa shape index (κ2) is 13.9. The summed E-state index contributed by atoms with van der Waals surface area (Å²) in [5, 5.41) is 6.08. The van der Waals surface area contributed by atoms with E-state index in [2.05, 4.69) is 180 Å². The summed E-state index contributed by atoms with van der Waals surface area (Å²) in [4.78, 5) is 5.12. The van der Waals surface area contributed by atoms with Crippen LogP contribution in [0.15, 0.2) is 237 Å². The fraction of sp³-hybridized carbons (Fsp3) is 0.0161. The lowest BCUT2D eigenvalue weighted by Gasteiger charge is -2.31. The molecule has 0 atom stereocenters. The molecule has 14 rings (SSSR count). The molecule has 2 aliphatic carbocycles. The highest BCUT2D eigenvalue weighted by molar-refractivity contribution is 7.85. The van der Waals surface area contributed by atoms with Gasteiger partial charge in [-0.1, -0.05) is 206 Å². The average molecular weight is 859 g/mol. The third-order valence-corrected chi connectivity index (χ3v) is 17.5. The zero-order valence-corrected chi connectivity index (χ0v) is 36.7. The fourth-order valence-electron chi connectivity index (χ4n) is 11.6. The lowest BCUT2D eigenvalue weighted by atomic mass is 9.70. The van der Waals surface area contributed by atoms with Crippen molar-refractivity contribution >= 4 is 61.4 Å². The van der Waals surface area contributed by atoms with E-state index >= 15 is 4.57 Å². The van der Waals surface area contributed by atoms with Crippen LogP contribution in [0.2, 0.25) is 0 Å². The largest absolute Gasteiger partial charge is 0.309 e. The van der Waals surface area contributed by atoms with Crippen molar-refractivity contribution in [3.8, 4) is 44.5 Å². The van der Waals surface area contributed by atoms with Gasteiger partial charge in [-0.3, -0.25) is 4.40 Å². The van der Waals surface area contributed by atoms with E-state index in [1.807, 2.05) is 60.7 Å². The second-order valence-electron chi connectivity index (χ2n) is 17.7. The molecule has 0 saturated carbocycles. The first-order valence-electron chi connectivity index (χ1n) is 22.6. The molecule has 2 aromatic heterocycles. The number of para-hydroxylation sites is 2. The lowest BCUT2D eigenvalue weighted by Crippen LogP contribution is -2.29. The predicted octanol–water partition coefficient (Wildman–Crippen LogP) is 14.1. The molecular formula is C62H39N2OP. The Kier molecular flexibility index (Phi) is 7.88. The van der Waals surface area contributed by atoms with Gasteiger partial charge in [0.1, 0.15) is 5.65 Å². The van der Waals surface area contributed by atoms with Gasteiger partial charge in [0, 0.05) is 26.7 Å². The molecule has 0 bridgehead atoms. The van der Waals surface area contributed by atoms with Crippen LogP contribution < -0.4 is 15.9 Å². The van der Waals surface area contributed by atoms with Crippen molar-refractivity contribution in [3.63, 3.8) is 0 Å². The molecule has 66 heavy (non-hydrogen) atoms. The maximum absolute atomic E-state index is 16.0. The van der Waals surface area contributed by atoms with Crippen LogP contribution in [0.25, 0.3) is 82.9 Å². The van der Waals surface area contributed by atoms with E-state index in [9.17, 15) is 0 Å². The van der Waals surface area contributed by atoms with Crippen molar-refractivity contribution in [1.82, 2.24) is 9.38 Å². The number of hydrogen-bond acceptors (Lipinski definition) is 2. The first kappa shape index (κ1) is 37.3. The average Bonchev–Trinajstić information content (AvgIpc) is 4.03. The summed E-state index contributed by atoms with van der Waals surface area (Å²) in [6.07, 6.45) is 0. The Morgan fingerprint density at radius 3 is 1.53 bits per heavy atom. The van der Waals surface area contributed by atoms with E-state index in [4.69, 9.17) is 4.98 Å². The molecule has 0 unspecified atom stereocenters. The molecule has 0 aliphatic heterocycles. The molecule has 1 spiro atoms. The summed E-state index contributed by atoms with van der Waals surface area (Å²) in [5.41, 5.74) is 18.1. The Hall–Kier alpha value is -8.10. The van der Waals surface area contributed by atoms with E-state index in [0.717, 1.165) is 65.8 Å². The molecule has 0 amide bonds. The molecule has 12 aromatic rings. The zero-order valence-electron chi connectivity index (χ0n) is 35.8. The van der Waals surface area contributed by atoms with Crippen LogP contribution in [-0.4, -0.2) is 9.38 Å². The Labute approximate surface area is 382 Å². The summed E-state index contributed by atoms with van der Waals surface area (Å²) in [6, 6.07) is 84.4. The molecule has 4 heteroatoms. The Bertz CT molecular complexity index is 3930. The molecule has 2 aliphatic rings. The number of imidazole rings is 1. The number of hydrogen-bond donors (Lipinski definition) is 0. The molecule has 0 fully saturated rings. The maximum atomic E-state index is 16.0. The predicted molar refractivity (Wildman–Crippen MR) is 274 cm³/mol. The van der Waals surface area contributed by atoms with Gasteiger partial charge in [0.15, 0.2) is 7.14 Å². The Morgan fingerprint density at radius 1 is 0.348 bits per heavy atom. The van der Waals surface area contributed by atoms with E-state index in [1.165, 1.54) is 55.3 Å². The molecule has 0 N–H and O–H groups in total.